The molecule has 2 aromatic carbocycles. The fraction of sp³-hybridized carbons (Fsp3) is 0.263. The summed E-state index contributed by atoms with van der Waals surface area (Å²) < 4.78 is 10.5. The molecule has 0 aliphatic heterocycles. The van der Waals surface area contributed by atoms with E-state index >= 15 is 0 Å². The van der Waals surface area contributed by atoms with Gasteiger partial charge in [-0.15, -0.1) is 0 Å². The van der Waals surface area contributed by atoms with Crippen LogP contribution >= 0.6 is 0 Å². The van der Waals surface area contributed by atoms with Gasteiger partial charge in [-0.05, 0) is 30.7 Å². The van der Waals surface area contributed by atoms with E-state index in [4.69, 9.17) is 9.47 Å². The number of esters is 2. The Bertz CT molecular complexity index is 726. The van der Waals surface area contributed by atoms with Crippen LogP contribution in [-0.4, -0.2) is 24.1 Å². The summed E-state index contributed by atoms with van der Waals surface area (Å²) in [6.07, 6.45) is 1.52. The summed E-state index contributed by atoms with van der Waals surface area (Å²) in [6.45, 7) is 7.06. The van der Waals surface area contributed by atoms with Crippen molar-refractivity contribution in [2.45, 2.75) is 25.9 Å². The Morgan fingerprint density at radius 3 is 2.57 bits per heavy atom. The number of hydrogen-bond acceptors (Lipinski definition) is 4. The monoisotopic (exact) mass is 312 g/mol. The van der Waals surface area contributed by atoms with E-state index in [2.05, 4.69) is 6.58 Å². The molecule has 0 spiro atoms. The Labute approximate surface area is 135 Å². The van der Waals surface area contributed by atoms with E-state index in [9.17, 15) is 9.59 Å². The maximum atomic E-state index is 12.3. The first kappa shape index (κ1) is 16.7. The van der Waals surface area contributed by atoms with Crippen LogP contribution in [0, 0.1) is 0 Å². The average Bonchev–Trinajstić information content (AvgIpc) is 2.53. The molecule has 0 radical (unpaired) electrons. The zero-order valence-corrected chi connectivity index (χ0v) is 13.4. The summed E-state index contributed by atoms with van der Waals surface area (Å²) in [7, 11) is 0. The molecule has 0 aliphatic carbocycles. The van der Waals surface area contributed by atoms with E-state index < -0.39 is 11.6 Å². The summed E-state index contributed by atoms with van der Waals surface area (Å²) >= 11 is 0. The normalized spacial score (nSPS) is 11.0. The van der Waals surface area contributed by atoms with Crippen molar-refractivity contribution in [3.63, 3.8) is 0 Å². The molecule has 0 bridgehead atoms. The summed E-state index contributed by atoms with van der Waals surface area (Å²) in [6, 6.07) is 13.2. The molecule has 0 saturated heterocycles. The van der Waals surface area contributed by atoms with Crippen LogP contribution in [0.2, 0.25) is 0 Å². The van der Waals surface area contributed by atoms with E-state index in [0.29, 0.717) is 12.0 Å². The van der Waals surface area contributed by atoms with Gasteiger partial charge in [0.15, 0.2) is 0 Å². The maximum Gasteiger partial charge on any atom is 0.338 e. The lowest BCUT2D eigenvalue weighted by atomic mass is 10.0. The van der Waals surface area contributed by atoms with Gasteiger partial charge in [0.1, 0.15) is 5.60 Å². The molecule has 0 fully saturated rings. The van der Waals surface area contributed by atoms with Crippen molar-refractivity contribution in [3.05, 3.63) is 60.7 Å². The largest absolute Gasteiger partial charge is 0.462 e. The Balaban J connectivity index is 1.99. The van der Waals surface area contributed by atoms with Gasteiger partial charge >= 0.3 is 11.9 Å². The predicted molar refractivity (Wildman–Crippen MR) is 89.2 cm³/mol. The SMILES string of the molecule is C=CC(=O)OC(C)(C)CCOC(=O)c1cccc2ccccc12. The molecule has 0 amide bonds. The number of carbonyl (C=O) groups is 2. The third kappa shape index (κ3) is 4.42. The van der Waals surface area contributed by atoms with Crippen molar-refractivity contribution in [1.82, 2.24) is 0 Å². The minimum absolute atomic E-state index is 0.166. The highest BCUT2D eigenvalue weighted by molar-refractivity contribution is 6.04. The third-order valence-corrected chi connectivity index (χ3v) is 3.49. The molecule has 0 atom stereocenters. The van der Waals surface area contributed by atoms with Crippen LogP contribution in [0.15, 0.2) is 55.1 Å². The molecule has 2 rings (SSSR count). The van der Waals surface area contributed by atoms with Gasteiger partial charge in [-0.2, -0.15) is 0 Å². The van der Waals surface area contributed by atoms with Gasteiger partial charge in [0, 0.05) is 12.5 Å². The molecule has 0 saturated carbocycles. The van der Waals surface area contributed by atoms with Crippen LogP contribution in [0.5, 0.6) is 0 Å². The topological polar surface area (TPSA) is 52.6 Å². The van der Waals surface area contributed by atoms with Crippen molar-refractivity contribution < 1.29 is 19.1 Å². The minimum atomic E-state index is -0.718. The number of rotatable bonds is 6. The summed E-state index contributed by atoms with van der Waals surface area (Å²) in [5, 5.41) is 1.85. The highest BCUT2D eigenvalue weighted by Gasteiger charge is 2.22. The second-order valence-electron chi connectivity index (χ2n) is 5.80. The zero-order chi connectivity index (χ0) is 16.9. The lowest BCUT2D eigenvalue weighted by Gasteiger charge is -2.24. The van der Waals surface area contributed by atoms with E-state index in [1.807, 2.05) is 36.4 Å². The van der Waals surface area contributed by atoms with Crippen molar-refractivity contribution >= 4 is 22.7 Å². The smallest absolute Gasteiger partial charge is 0.338 e. The van der Waals surface area contributed by atoms with Crippen molar-refractivity contribution in [3.8, 4) is 0 Å². The van der Waals surface area contributed by atoms with E-state index in [0.717, 1.165) is 16.8 Å². The van der Waals surface area contributed by atoms with Crippen LogP contribution in [0.3, 0.4) is 0 Å². The van der Waals surface area contributed by atoms with Crippen molar-refractivity contribution in [1.29, 1.82) is 0 Å². The molecule has 23 heavy (non-hydrogen) atoms. The summed E-state index contributed by atoms with van der Waals surface area (Å²) in [4.78, 5) is 23.5. The lowest BCUT2D eigenvalue weighted by molar-refractivity contribution is -0.151. The van der Waals surface area contributed by atoms with E-state index in [1.54, 1.807) is 19.9 Å². The third-order valence-electron chi connectivity index (χ3n) is 3.49. The Hall–Kier alpha value is -2.62. The van der Waals surface area contributed by atoms with Gasteiger partial charge in [-0.1, -0.05) is 43.0 Å². The first-order valence-electron chi connectivity index (χ1n) is 7.43. The minimum Gasteiger partial charge on any atom is -0.462 e. The molecular formula is C19H20O4. The highest BCUT2D eigenvalue weighted by atomic mass is 16.6. The zero-order valence-electron chi connectivity index (χ0n) is 13.4. The molecule has 0 aromatic heterocycles. The van der Waals surface area contributed by atoms with Gasteiger partial charge in [0.2, 0.25) is 0 Å². The molecular weight excluding hydrogens is 292 g/mol. The summed E-state index contributed by atoms with van der Waals surface area (Å²) in [5.74, 6) is -0.872. The second kappa shape index (κ2) is 7.09. The number of fused-ring (bicyclic) bond motifs is 1. The van der Waals surface area contributed by atoms with E-state index in [-0.39, 0.29) is 12.6 Å². The molecule has 0 heterocycles. The molecule has 2 aromatic rings. The molecule has 0 unspecified atom stereocenters. The molecule has 0 aliphatic rings. The first-order chi connectivity index (χ1) is 10.9. The quantitative estimate of drug-likeness (QED) is 0.600. The number of carbonyl (C=O) groups excluding carboxylic acids is 2. The number of benzene rings is 2. The van der Waals surface area contributed by atoms with E-state index in [1.165, 1.54) is 0 Å². The maximum absolute atomic E-state index is 12.3. The van der Waals surface area contributed by atoms with Gasteiger partial charge in [-0.3, -0.25) is 0 Å². The second-order valence-corrected chi connectivity index (χ2v) is 5.80. The first-order valence-corrected chi connectivity index (χ1v) is 7.43. The van der Waals surface area contributed by atoms with Crippen LogP contribution in [0.1, 0.15) is 30.6 Å². The van der Waals surface area contributed by atoms with Crippen LogP contribution in [-0.2, 0) is 14.3 Å². The van der Waals surface area contributed by atoms with Crippen molar-refractivity contribution in [2.24, 2.45) is 0 Å². The Kier molecular flexibility index (Phi) is 5.16. The average molecular weight is 312 g/mol. The van der Waals surface area contributed by atoms with Crippen molar-refractivity contribution in [2.75, 3.05) is 6.61 Å². The van der Waals surface area contributed by atoms with Crippen LogP contribution in [0.25, 0.3) is 10.8 Å². The fourth-order valence-corrected chi connectivity index (χ4v) is 2.24. The molecule has 0 N–H and O–H groups in total. The predicted octanol–water partition coefficient (Wildman–Crippen LogP) is 3.89. The molecule has 4 nitrogen and oxygen atoms in total. The lowest BCUT2D eigenvalue weighted by Crippen LogP contribution is -2.29. The van der Waals surface area contributed by atoms with Gasteiger partial charge in [0.25, 0.3) is 0 Å². The highest BCUT2D eigenvalue weighted by Crippen LogP contribution is 2.20. The number of hydrogen-bond donors (Lipinski definition) is 0. The molecule has 120 valence electrons. The van der Waals surface area contributed by atoms with Gasteiger partial charge in [0.05, 0.1) is 12.2 Å². The standard InChI is InChI=1S/C19H20O4/c1-4-17(20)23-19(2,3)12-13-22-18(21)16-11-7-9-14-8-5-6-10-15(14)16/h4-11H,1,12-13H2,2-3H3. The Morgan fingerprint density at radius 2 is 1.83 bits per heavy atom. The fourth-order valence-electron chi connectivity index (χ4n) is 2.24. The number of ether oxygens (including phenoxy) is 2. The van der Waals surface area contributed by atoms with Crippen LogP contribution < -0.4 is 0 Å². The summed E-state index contributed by atoms with van der Waals surface area (Å²) in [5.41, 5.74) is -0.186. The van der Waals surface area contributed by atoms with Gasteiger partial charge in [-0.25, -0.2) is 9.59 Å². The van der Waals surface area contributed by atoms with Crippen LogP contribution in [0.4, 0.5) is 0 Å². The van der Waals surface area contributed by atoms with Gasteiger partial charge < -0.3 is 9.47 Å². The Morgan fingerprint density at radius 1 is 1.13 bits per heavy atom. The molecule has 4 heteroatoms.